The van der Waals surface area contributed by atoms with Gasteiger partial charge in [-0.25, -0.2) is 0 Å². The molecular weight excluding hydrogens is 532 g/mol. The number of unbranched alkanes of at least 4 members (excludes halogenated alkanes) is 2. The number of rotatable bonds is 7. The van der Waals surface area contributed by atoms with Gasteiger partial charge in [0.15, 0.2) is 17.7 Å². The van der Waals surface area contributed by atoms with Gasteiger partial charge < -0.3 is 29.6 Å². The molecule has 8 heteroatoms. The first kappa shape index (κ1) is 28.3. The summed E-state index contributed by atoms with van der Waals surface area (Å²) in [5.41, 5.74) is 0.361. The van der Waals surface area contributed by atoms with E-state index < -0.39 is 40.0 Å². The van der Waals surface area contributed by atoms with Crippen LogP contribution in [0.4, 0.5) is 0 Å². The van der Waals surface area contributed by atoms with Crippen LogP contribution in [0.1, 0.15) is 84.4 Å². The number of ether oxygens (including phenoxy) is 3. The Morgan fingerprint density at radius 2 is 1.95 bits per heavy atom. The Balaban J connectivity index is 1.32. The van der Waals surface area contributed by atoms with Crippen LogP contribution in [0.3, 0.4) is 0 Å². The second-order valence-corrected chi connectivity index (χ2v) is 14.2. The SMILES string of the molecule is CCCCCNC(=O)CO[C@H]1C[C@H]2Cc3c([nH]c4ccccc34)[C@]2(C)[C@@]2(C)CC[C@@]34O[C@@H](C(=O)C=C3[C@]12O)C(C)(C)O4. The summed E-state index contributed by atoms with van der Waals surface area (Å²) in [5.74, 6) is -1.42. The number of ketones is 1. The Bertz CT molecular complexity index is 1490. The molecule has 1 amide bonds. The second-order valence-electron chi connectivity index (χ2n) is 14.2. The smallest absolute Gasteiger partial charge is 0.246 e. The van der Waals surface area contributed by atoms with Crippen LogP contribution in [0.5, 0.6) is 0 Å². The number of aromatic nitrogens is 1. The first-order chi connectivity index (χ1) is 19.9. The highest BCUT2D eigenvalue weighted by Crippen LogP contribution is 2.72. The van der Waals surface area contributed by atoms with Crippen LogP contribution in [-0.4, -0.2) is 64.1 Å². The number of carbonyl (C=O) groups excluding carboxylic acids is 2. The van der Waals surface area contributed by atoms with Crippen molar-refractivity contribution in [3.8, 4) is 0 Å². The minimum Gasteiger partial charge on any atom is -0.382 e. The van der Waals surface area contributed by atoms with Crippen molar-refractivity contribution in [2.24, 2.45) is 11.3 Å². The molecule has 5 aliphatic rings. The topological polar surface area (TPSA) is 110 Å². The van der Waals surface area contributed by atoms with Gasteiger partial charge >= 0.3 is 0 Å². The lowest BCUT2D eigenvalue weighted by atomic mass is 9.41. The van der Waals surface area contributed by atoms with E-state index >= 15 is 0 Å². The molecule has 2 bridgehead atoms. The van der Waals surface area contributed by atoms with Crippen LogP contribution in [0, 0.1) is 11.3 Å². The quantitative estimate of drug-likeness (QED) is 0.415. The Hall–Kier alpha value is -2.52. The van der Waals surface area contributed by atoms with Crippen molar-refractivity contribution in [2.45, 2.75) is 114 Å². The van der Waals surface area contributed by atoms with E-state index in [4.69, 9.17) is 14.2 Å². The number of amides is 1. The molecule has 1 aromatic heterocycles. The number of hydrogen-bond donors (Lipinski definition) is 3. The number of fused-ring (bicyclic) bond motifs is 9. The molecule has 2 aliphatic heterocycles. The molecule has 1 saturated heterocycles. The van der Waals surface area contributed by atoms with Crippen molar-refractivity contribution in [3.05, 3.63) is 47.2 Å². The molecule has 2 aromatic rings. The molecule has 7 atom stereocenters. The van der Waals surface area contributed by atoms with E-state index in [9.17, 15) is 14.7 Å². The molecule has 42 heavy (non-hydrogen) atoms. The van der Waals surface area contributed by atoms with Crippen LogP contribution >= 0.6 is 0 Å². The second kappa shape index (κ2) is 9.24. The maximum Gasteiger partial charge on any atom is 0.246 e. The largest absolute Gasteiger partial charge is 0.382 e. The molecule has 3 heterocycles. The van der Waals surface area contributed by atoms with Gasteiger partial charge in [0.25, 0.3) is 0 Å². The van der Waals surface area contributed by atoms with Gasteiger partial charge in [-0.1, -0.05) is 51.8 Å². The van der Waals surface area contributed by atoms with Gasteiger partial charge in [-0.15, -0.1) is 0 Å². The molecule has 7 rings (SSSR count). The van der Waals surface area contributed by atoms with Gasteiger partial charge in [0, 0.05) is 46.0 Å². The number of aliphatic hydroxyl groups is 1. The number of benzene rings is 1. The van der Waals surface area contributed by atoms with Gasteiger partial charge in [0.05, 0.1) is 6.10 Å². The van der Waals surface area contributed by atoms with Crippen molar-refractivity contribution in [1.29, 1.82) is 0 Å². The summed E-state index contributed by atoms with van der Waals surface area (Å²) in [4.78, 5) is 30.1. The first-order valence-corrected chi connectivity index (χ1v) is 15.8. The Morgan fingerprint density at radius 1 is 1.17 bits per heavy atom. The summed E-state index contributed by atoms with van der Waals surface area (Å²) < 4.78 is 19.5. The minimum atomic E-state index is -1.61. The number of hydrogen-bond acceptors (Lipinski definition) is 6. The Labute approximate surface area is 247 Å². The highest BCUT2D eigenvalue weighted by molar-refractivity contribution is 5.97. The van der Waals surface area contributed by atoms with E-state index in [0.717, 1.165) is 36.9 Å². The van der Waals surface area contributed by atoms with Gasteiger partial charge in [0.1, 0.15) is 17.8 Å². The van der Waals surface area contributed by atoms with Crippen molar-refractivity contribution in [1.82, 2.24) is 10.3 Å². The fourth-order valence-electron chi connectivity index (χ4n) is 9.42. The van der Waals surface area contributed by atoms with Crippen molar-refractivity contribution in [2.75, 3.05) is 13.2 Å². The van der Waals surface area contributed by atoms with E-state index in [1.807, 2.05) is 19.9 Å². The lowest BCUT2D eigenvalue weighted by molar-refractivity contribution is -0.279. The Morgan fingerprint density at radius 3 is 2.74 bits per heavy atom. The first-order valence-electron chi connectivity index (χ1n) is 15.8. The maximum absolute atomic E-state index is 13.5. The molecule has 1 spiro atoms. The van der Waals surface area contributed by atoms with E-state index in [-0.39, 0.29) is 24.2 Å². The normalized spacial score (nSPS) is 39.3. The molecule has 3 fully saturated rings. The third-order valence-electron chi connectivity index (χ3n) is 11.8. The van der Waals surface area contributed by atoms with Crippen LogP contribution in [0.15, 0.2) is 35.9 Å². The molecule has 8 nitrogen and oxygen atoms in total. The van der Waals surface area contributed by atoms with E-state index in [0.29, 0.717) is 31.4 Å². The third-order valence-corrected chi connectivity index (χ3v) is 11.8. The molecule has 0 unspecified atom stereocenters. The van der Waals surface area contributed by atoms with Crippen molar-refractivity contribution < 1.29 is 28.9 Å². The van der Waals surface area contributed by atoms with Crippen molar-refractivity contribution in [3.63, 3.8) is 0 Å². The number of H-pyrrole nitrogens is 1. The van der Waals surface area contributed by atoms with E-state index in [2.05, 4.69) is 49.3 Å². The predicted octanol–water partition coefficient (Wildman–Crippen LogP) is 4.62. The fourth-order valence-corrected chi connectivity index (χ4v) is 9.42. The highest BCUT2D eigenvalue weighted by atomic mass is 16.8. The van der Waals surface area contributed by atoms with Crippen LogP contribution in [0.25, 0.3) is 10.9 Å². The highest BCUT2D eigenvalue weighted by Gasteiger charge is 2.78. The fraction of sp³-hybridized carbons (Fsp3) is 0.647. The van der Waals surface area contributed by atoms with Gasteiger partial charge in [-0.3, -0.25) is 9.59 Å². The number of carbonyl (C=O) groups is 2. The molecular formula is C34H44N2O6. The van der Waals surface area contributed by atoms with Gasteiger partial charge in [-0.05, 0) is 63.2 Å². The molecule has 1 aromatic carbocycles. The summed E-state index contributed by atoms with van der Waals surface area (Å²) in [6, 6.07) is 8.38. The summed E-state index contributed by atoms with van der Waals surface area (Å²) >= 11 is 0. The standard InChI is InChI=1S/C34H44N2O6/c1-6-7-10-15-35-27(38)19-40-26-17-20-16-22-21-11-8-9-12-23(21)36-28(22)32(20,5)31(4)13-14-33-25(34(26,31)39)18-24(37)29(41-33)30(2,3)42-33/h8-9,11-12,18,20,26,29,36,39H,6-7,10,13-17,19H2,1-5H3,(H,35,38)/t20-,26+,29+,31-,32-,33+,34+/m1/s1. The van der Waals surface area contributed by atoms with Crippen LogP contribution < -0.4 is 5.32 Å². The summed E-state index contributed by atoms with van der Waals surface area (Å²) in [7, 11) is 0. The molecule has 0 radical (unpaired) electrons. The average molecular weight is 577 g/mol. The zero-order valence-electron chi connectivity index (χ0n) is 25.5. The van der Waals surface area contributed by atoms with E-state index in [1.165, 1.54) is 10.9 Å². The number of aromatic amines is 1. The number of nitrogens with one attached hydrogen (secondary N) is 2. The van der Waals surface area contributed by atoms with Crippen molar-refractivity contribution >= 4 is 22.6 Å². The lowest BCUT2D eigenvalue weighted by Gasteiger charge is -2.67. The van der Waals surface area contributed by atoms with E-state index in [1.54, 1.807) is 6.08 Å². The predicted molar refractivity (Wildman–Crippen MR) is 158 cm³/mol. The Kier molecular flexibility index (Phi) is 6.22. The molecule has 2 saturated carbocycles. The van der Waals surface area contributed by atoms with Crippen LogP contribution in [0.2, 0.25) is 0 Å². The third kappa shape index (κ3) is 3.49. The van der Waals surface area contributed by atoms with Gasteiger partial charge in [-0.2, -0.15) is 0 Å². The molecule has 226 valence electrons. The summed E-state index contributed by atoms with van der Waals surface area (Å²) in [6.45, 7) is 10.7. The molecule has 3 aliphatic carbocycles. The average Bonchev–Trinajstić information content (AvgIpc) is 3.54. The van der Waals surface area contributed by atoms with Gasteiger partial charge in [0.2, 0.25) is 5.91 Å². The summed E-state index contributed by atoms with van der Waals surface area (Å²) in [5, 5.41) is 17.5. The van der Waals surface area contributed by atoms with Crippen LogP contribution in [-0.2, 0) is 35.6 Å². The maximum atomic E-state index is 13.5. The zero-order valence-corrected chi connectivity index (χ0v) is 25.5. The molecule has 3 N–H and O–H groups in total. The minimum absolute atomic E-state index is 0.156. The number of para-hydroxylation sites is 1. The zero-order chi connectivity index (χ0) is 29.7. The monoisotopic (exact) mass is 576 g/mol. The summed E-state index contributed by atoms with van der Waals surface area (Å²) in [6.07, 6.45) is 5.72. The lowest BCUT2D eigenvalue weighted by Crippen LogP contribution is -2.75.